The number of piperidine rings is 1. The molecule has 0 radical (unpaired) electrons. The molecule has 0 saturated carbocycles. The number of primary amides is 1. The van der Waals surface area contributed by atoms with Gasteiger partial charge in [-0.3, -0.25) is 9.69 Å². The molecule has 4 N–H and O–H groups in total. The number of halogens is 1. The predicted octanol–water partition coefficient (Wildman–Crippen LogP) is 2.16. The Morgan fingerprint density at radius 2 is 1.96 bits per heavy atom. The topological polar surface area (TPSA) is 87.9 Å². The van der Waals surface area contributed by atoms with Gasteiger partial charge in [-0.1, -0.05) is 24.3 Å². The smallest absolute Gasteiger partial charge is 0.221 e. The maximum atomic E-state index is 11.4. The van der Waals surface area contributed by atoms with Gasteiger partial charge in [0.2, 0.25) is 5.91 Å². The largest absolute Gasteiger partial charge is 0.370 e. The summed E-state index contributed by atoms with van der Waals surface area (Å²) in [4.78, 5) is 20.3. The van der Waals surface area contributed by atoms with E-state index in [0.717, 1.165) is 51.1 Å². The highest BCUT2D eigenvalue weighted by molar-refractivity contribution is 14.0. The number of amides is 1. The van der Waals surface area contributed by atoms with Crippen molar-refractivity contribution in [2.75, 3.05) is 26.2 Å². The van der Waals surface area contributed by atoms with Gasteiger partial charge >= 0.3 is 0 Å². The maximum absolute atomic E-state index is 11.4. The first-order valence-electron chi connectivity index (χ1n) is 9.17. The third-order valence-corrected chi connectivity index (χ3v) is 4.82. The molecule has 6 nitrogen and oxygen atoms in total. The normalized spacial score (nSPS) is 18.2. The summed E-state index contributed by atoms with van der Waals surface area (Å²) in [5.74, 6) is 0.394. The van der Waals surface area contributed by atoms with Gasteiger partial charge in [0.1, 0.15) is 0 Å². The quantitative estimate of drug-likeness (QED) is 0.361. The summed E-state index contributed by atoms with van der Waals surface area (Å²) in [7, 11) is 0. The van der Waals surface area contributed by atoms with Crippen molar-refractivity contribution in [2.45, 2.75) is 39.8 Å². The zero-order valence-corrected chi connectivity index (χ0v) is 18.2. The lowest BCUT2D eigenvalue weighted by Crippen LogP contribution is -2.40. The van der Waals surface area contributed by atoms with Crippen molar-refractivity contribution in [1.82, 2.24) is 9.80 Å². The molecule has 1 amide bonds. The van der Waals surface area contributed by atoms with E-state index >= 15 is 0 Å². The molecule has 146 valence electrons. The molecule has 1 saturated heterocycles. The van der Waals surface area contributed by atoms with Crippen LogP contribution in [0.3, 0.4) is 0 Å². The summed E-state index contributed by atoms with van der Waals surface area (Å²) in [5.41, 5.74) is 13.9. The molecule has 2 rings (SSSR count). The zero-order chi connectivity index (χ0) is 18.2. The number of hydrogen-bond acceptors (Lipinski definition) is 3. The fourth-order valence-corrected chi connectivity index (χ4v) is 3.34. The second-order valence-electron chi connectivity index (χ2n) is 6.64. The molecule has 1 unspecified atom stereocenters. The lowest BCUT2D eigenvalue weighted by molar-refractivity contribution is -0.123. The molecule has 0 aromatic heterocycles. The fraction of sp³-hybridized carbons (Fsp3) is 0.579. The van der Waals surface area contributed by atoms with Gasteiger partial charge in [0.15, 0.2) is 5.96 Å². The van der Waals surface area contributed by atoms with E-state index in [9.17, 15) is 4.79 Å². The first-order chi connectivity index (χ1) is 12.0. The van der Waals surface area contributed by atoms with Gasteiger partial charge < -0.3 is 16.4 Å². The Morgan fingerprint density at radius 1 is 1.27 bits per heavy atom. The third kappa shape index (κ3) is 6.75. The molecule has 0 bridgehead atoms. The van der Waals surface area contributed by atoms with Crippen molar-refractivity contribution in [2.24, 2.45) is 22.4 Å². The predicted molar refractivity (Wildman–Crippen MR) is 117 cm³/mol. The van der Waals surface area contributed by atoms with Crippen molar-refractivity contribution in [3.8, 4) is 0 Å². The Hall–Kier alpha value is -1.35. The van der Waals surface area contributed by atoms with E-state index in [2.05, 4.69) is 48.0 Å². The van der Waals surface area contributed by atoms with Gasteiger partial charge in [0.25, 0.3) is 0 Å². The van der Waals surface area contributed by atoms with E-state index < -0.39 is 0 Å². The van der Waals surface area contributed by atoms with Crippen LogP contribution in [0.5, 0.6) is 0 Å². The highest BCUT2D eigenvalue weighted by Gasteiger charge is 2.23. The van der Waals surface area contributed by atoms with Gasteiger partial charge in [-0.25, -0.2) is 4.99 Å². The summed E-state index contributed by atoms with van der Waals surface area (Å²) in [6, 6.07) is 8.43. The second kappa shape index (κ2) is 11.4. The average Bonchev–Trinajstić information content (AvgIpc) is 2.61. The van der Waals surface area contributed by atoms with Crippen molar-refractivity contribution in [1.29, 1.82) is 0 Å². The van der Waals surface area contributed by atoms with E-state index in [-0.39, 0.29) is 35.8 Å². The van der Waals surface area contributed by atoms with Crippen molar-refractivity contribution >= 4 is 35.8 Å². The number of hydrogen-bond donors (Lipinski definition) is 2. The zero-order valence-electron chi connectivity index (χ0n) is 15.9. The van der Waals surface area contributed by atoms with E-state index in [1.165, 1.54) is 5.56 Å². The average molecular weight is 473 g/mol. The molecule has 1 aliphatic heterocycles. The molecule has 1 heterocycles. The molecule has 0 spiro atoms. The van der Waals surface area contributed by atoms with E-state index in [0.29, 0.717) is 12.5 Å². The minimum Gasteiger partial charge on any atom is -0.370 e. The number of guanidine groups is 1. The molecule has 1 aliphatic rings. The Kier molecular flexibility index (Phi) is 9.93. The molecule has 1 fully saturated rings. The van der Waals surface area contributed by atoms with Crippen LogP contribution in [0.2, 0.25) is 0 Å². The van der Waals surface area contributed by atoms with Crippen molar-refractivity contribution in [3.63, 3.8) is 0 Å². The van der Waals surface area contributed by atoms with Gasteiger partial charge in [-0.2, -0.15) is 0 Å². The maximum Gasteiger partial charge on any atom is 0.221 e. The monoisotopic (exact) mass is 473 g/mol. The van der Waals surface area contributed by atoms with Crippen LogP contribution in [-0.2, 0) is 17.9 Å². The highest BCUT2D eigenvalue weighted by atomic mass is 127. The van der Waals surface area contributed by atoms with Gasteiger partial charge in [0.05, 0.1) is 12.5 Å². The van der Waals surface area contributed by atoms with Gasteiger partial charge in [-0.15, -0.1) is 24.0 Å². The minimum atomic E-state index is -0.181. The Bertz CT molecular complexity index is 603. The van der Waals surface area contributed by atoms with Gasteiger partial charge in [-0.05, 0) is 44.4 Å². The highest BCUT2D eigenvalue weighted by Crippen LogP contribution is 2.19. The van der Waals surface area contributed by atoms with Crippen LogP contribution >= 0.6 is 24.0 Å². The number of benzene rings is 1. The van der Waals surface area contributed by atoms with Crippen LogP contribution in [-0.4, -0.2) is 47.8 Å². The van der Waals surface area contributed by atoms with Crippen LogP contribution in [0, 0.1) is 5.92 Å². The molecular formula is C19H32IN5O. The Balaban J connectivity index is 0.00000338. The molecule has 26 heavy (non-hydrogen) atoms. The molecule has 1 atom stereocenters. The first kappa shape index (κ1) is 22.7. The summed E-state index contributed by atoms with van der Waals surface area (Å²) in [6.07, 6.45) is 1.93. The summed E-state index contributed by atoms with van der Waals surface area (Å²) in [5, 5.41) is 0. The number of nitrogens with zero attached hydrogens (tertiary/aromatic N) is 3. The molecule has 7 heteroatoms. The van der Waals surface area contributed by atoms with E-state index in [1.807, 2.05) is 4.90 Å². The number of carbonyl (C=O) groups is 1. The van der Waals surface area contributed by atoms with Gasteiger partial charge in [0, 0.05) is 26.2 Å². The number of aliphatic imine (C=N–C) groups is 1. The summed E-state index contributed by atoms with van der Waals surface area (Å²) >= 11 is 0. The molecular weight excluding hydrogens is 441 g/mol. The first-order valence-corrected chi connectivity index (χ1v) is 9.17. The number of carbonyl (C=O) groups excluding carboxylic acids is 1. The number of rotatable bonds is 7. The van der Waals surface area contributed by atoms with Crippen LogP contribution in [0.15, 0.2) is 29.3 Å². The number of nitrogens with two attached hydrogens (primary N) is 2. The van der Waals surface area contributed by atoms with Crippen LogP contribution in [0.25, 0.3) is 0 Å². The molecule has 1 aromatic rings. The molecule has 0 aliphatic carbocycles. The third-order valence-electron chi connectivity index (χ3n) is 4.82. The lowest BCUT2D eigenvalue weighted by Gasteiger charge is -2.31. The van der Waals surface area contributed by atoms with Crippen LogP contribution in [0.4, 0.5) is 0 Å². The lowest BCUT2D eigenvalue weighted by atomic mass is 9.97. The Morgan fingerprint density at radius 3 is 2.62 bits per heavy atom. The van der Waals surface area contributed by atoms with Crippen LogP contribution < -0.4 is 11.5 Å². The number of likely N-dealkylation sites (tertiary alicyclic amines) is 1. The Labute approximate surface area is 174 Å². The second-order valence-corrected chi connectivity index (χ2v) is 6.64. The van der Waals surface area contributed by atoms with Crippen LogP contribution in [0.1, 0.15) is 37.8 Å². The SMILES string of the molecule is CCN(CC)C(N)=NCc1cccc(CN2CCCC(C(N)=O)C2)c1.I. The fourth-order valence-electron chi connectivity index (χ4n) is 3.34. The van der Waals surface area contributed by atoms with Crippen molar-refractivity contribution < 1.29 is 4.79 Å². The minimum absolute atomic E-state index is 0. The molecule has 1 aromatic carbocycles. The van der Waals surface area contributed by atoms with Crippen molar-refractivity contribution in [3.05, 3.63) is 35.4 Å². The standard InChI is InChI=1S/C19H31N5O.HI/c1-3-24(4-2)19(21)22-12-15-7-5-8-16(11-15)13-23-10-6-9-17(14-23)18(20)25;/h5,7-8,11,17H,3-4,6,9-10,12-14H2,1-2H3,(H2,20,25)(H2,21,22);1H. The van der Waals surface area contributed by atoms with E-state index in [1.54, 1.807) is 0 Å². The summed E-state index contributed by atoms with van der Waals surface area (Å²) in [6.45, 7) is 9.07. The summed E-state index contributed by atoms with van der Waals surface area (Å²) < 4.78 is 0. The van der Waals surface area contributed by atoms with E-state index in [4.69, 9.17) is 11.5 Å².